The van der Waals surface area contributed by atoms with Crippen LogP contribution in [0.2, 0.25) is 5.02 Å². The van der Waals surface area contributed by atoms with Gasteiger partial charge in [-0.15, -0.1) is 0 Å². The van der Waals surface area contributed by atoms with Gasteiger partial charge < -0.3 is 9.79 Å². The lowest BCUT2D eigenvalue weighted by molar-refractivity contribution is -0.113. The highest BCUT2D eigenvalue weighted by Crippen LogP contribution is 2.37. The van der Waals surface area contributed by atoms with Crippen LogP contribution in [0.15, 0.2) is 54.7 Å². The molecular weight excluding hydrogens is 394 g/mol. The summed E-state index contributed by atoms with van der Waals surface area (Å²) in [5, 5.41) is 4.98. The van der Waals surface area contributed by atoms with E-state index in [1.54, 1.807) is 42.6 Å². The van der Waals surface area contributed by atoms with Gasteiger partial charge in [0.1, 0.15) is 5.82 Å². The molecule has 0 aliphatic heterocycles. The third-order valence-corrected chi connectivity index (χ3v) is 5.06. The maximum atomic E-state index is 13.2. The highest BCUT2D eigenvalue weighted by Gasteiger charge is 2.26. The van der Waals surface area contributed by atoms with Crippen molar-refractivity contribution in [3.8, 4) is 16.8 Å². The van der Waals surface area contributed by atoms with Crippen molar-refractivity contribution in [1.29, 1.82) is 0 Å². The first-order valence-corrected chi connectivity index (χ1v) is 9.92. The summed E-state index contributed by atoms with van der Waals surface area (Å²) in [4.78, 5) is 29.5. The van der Waals surface area contributed by atoms with E-state index in [0.717, 1.165) is 5.56 Å². The second-order valence-electron chi connectivity index (χ2n) is 5.86. The molecule has 27 heavy (non-hydrogen) atoms. The molecule has 3 rings (SSSR count). The molecule has 1 aromatic heterocycles. The third-order valence-electron chi connectivity index (χ3n) is 3.94. The molecule has 0 unspecified atom stereocenters. The summed E-state index contributed by atoms with van der Waals surface area (Å²) in [5.74, 6) is -0.378. The van der Waals surface area contributed by atoms with Crippen LogP contribution in [0.3, 0.4) is 0 Å². The normalized spacial score (nSPS) is 11.6. The number of rotatable bonds is 6. The standard InChI is InChI=1S/C18H15ClFN2O4P/c19-13-3-1-12(2-4-13)16-11-22(15-7-5-14(20)6-8-15)21-17(16)9-10-18(23)27(24,25)26/h1-8,11H,9-10H2,(H2,24,25,26). The van der Waals surface area contributed by atoms with Crippen molar-refractivity contribution in [2.45, 2.75) is 12.8 Å². The minimum Gasteiger partial charge on any atom is -0.319 e. The average molecular weight is 409 g/mol. The summed E-state index contributed by atoms with van der Waals surface area (Å²) in [6.07, 6.45) is 1.43. The molecule has 9 heteroatoms. The number of carbonyl (C=O) groups is 1. The second-order valence-corrected chi connectivity index (χ2v) is 7.88. The van der Waals surface area contributed by atoms with E-state index in [-0.39, 0.29) is 18.7 Å². The molecule has 0 saturated heterocycles. The molecule has 0 radical (unpaired) electrons. The summed E-state index contributed by atoms with van der Waals surface area (Å²) in [5.41, 5.74) is 1.43. The number of carbonyl (C=O) groups excluding carboxylic acids is 1. The fraction of sp³-hybridized carbons (Fsp3) is 0.111. The van der Waals surface area contributed by atoms with Gasteiger partial charge in [0.25, 0.3) is 0 Å². The van der Waals surface area contributed by atoms with Crippen molar-refractivity contribution in [3.05, 3.63) is 71.3 Å². The van der Waals surface area contributed by atoms with Crippen LogP contribution in [-0.4, -0.2) is 25.1 Å². The zero-order valence-corrected chi connectivity index (χ0v) is 15.6. The lowest BCUT2D eigenvalue weighted by Gasteiger charge is -2.04. The van der Waals surface area contributed by atoms with Crippen LogP contribution in [0.1, 0.15) is 12.1 Å². The first-order chi connectivity index (χ1) is 12.7. The molecule has 2 N–H and O–H groups in total. The monoisotopic (exact) mass is 408 g/mol. The summed E-state index contributed by atoms with van der Waals surface area (Å²) < 4.78 is 25.8. The van der Waals surface area contributed by atoms with Gasteiger partial charge >= 0.3 is 7.60 Å². The molecule has 0 aliphatic carbocycles. The first kappa shape index (κ1) is 19.5. The zero-order valence-electron chi connectivity index (χ0n) is 13.9. The number of hydrogen-bond donors (Lipinski definition) is 2. The molecule has 140 valence electrons. The number of aryl methyl sites for hydroxylation is 1. The molecule has 0 spiro atoms. The molecule has 0 amide bonds. The van der Waals surface area contributed by atoms with Crippen molar-refractivity contribution in [3.63, 3.8) is 0 Å². The molecule has 1 heterocycles. The SMILES string of the molecule is O=C(CCc1nn(-c2ccc(F)cc2)cc1-c1ccc(Cl)cc1)P(=O)(O)O. The van der Waals surface area contributed by atoms with Crippen LogP contribution in [0, 0.1) is 5.82 Å². The van der Waals surface area contributed by atoms with E-state index in [1.165, 1.54) is 16.8 Å². The second kappa shape index (κ2) is 7.74. The minimum absolute atomic E-state index is 0.0517. The average Bonchev–Trinajstić information content (AvgIpc) is 3.04. The lowest BCUT2D eigenvalue weighted by Crippen LogP contribution is -2.03. The Labute approximate surface area is 159 Å². The molecule has 0 fully saturated rings. The Kier molecular flexibility index (Phi) is 5.58. The van der Waals surface area contributed by atoms with Gasteiger partial charge in [0.2, 0.25) is 5.52 Å². The van der Waals surface area contributed by atoms with Gasteiger partial charge in [0, 0.05) is 23.2 Å². The highest BCUT2D eigenvalue weighted by atomic mass is 35.5. The van der Waals surface area contributed by atoms with Crippen LogP contribution >= 0.6 is 19.2 Å². The fourth-order valence-corrected chi connectivity index (χ4v) is 3.09. The van der Waals surface area contributed by atoms with Crippen molar-refractivity contribution in [2.24, 2.45) is 0 Å². The Morgan fingerprint density at radius 1 is 1.11 bits per heavy atom. The Morgan fingerprint density at radius 3 is 2.33 bits per heavy atom. The predicted molar refractivity (Wildman–Crippen MR) is 99.3 cm³/mol. The van der Waals surface area contributed by atoms with Crippen molar-refractivity contribution >= 4 is 24.7 Å². The lowest BCUT2D eigenvalue weighted by atomic mass is 10.0. The van der Waals surface area contributed by atoms with Gasteiger partial charge in [-0.2, -0.15) is 5.10 Å². The first-order valence-electron chi connectivity index (χ1n) is 7.93. The van der Waals surface area contributed by atoms with Crippen molar-refractivity contribution in [1.82, 2.24) is 9.78 Å². The van der Waals surface area contributed by atoms with Crippen LogP contribution in [0.25, 0.3) is 16.8 Å². The van der Waals surface area contributed by atoms with E-state index in [4.69, 9.17) is 21.4 Å². The number of benzene rings is 2. The van der Waals surface area contributed by atoms with Gasteiger partial charge in [0.15, 0.2) is 0 Å². The molecular formula is C18H15ClFN2O4P. The highest BCUT2D eigenvalue weighted by molar-refractivity contribution is 7.70. The molecule has 2 aromatic carbocycles. The summed E-state index contributed by atoms with van der Waals surface area (Å²) in [6.45, 7) is 0. The molecule has 3 aromatic rings. The zero-order chi connectivity index (χ0) is 19.6. The minimum atomic E-state index is -4.78. The number of nitrogens with zero attached hydrogens (tertiary/aromatic N) is 2. The van der Waals surface area contributed by atoms with Crippen LogP contribution in [0.4, 0.5) is 4.39 Å². The molecule has 0 atom stereocenters. The summed E-state index contributed by atoms with van der Waals surface area (Å²) in [7, 11) is -4.78. The maximum Gasteiger partial charge on any atom is 0.391 e. The number of halogens is 2. The topological polar surface area (TPSA) is 92.4 Å². The summed E-state index contributed by atoms with van der Waals surface area (Å²) >= 11 is 5.92. The number of aromatic nitrogens is 2. The smallest absolute Gasteiger partial charge is 0.319 e. The molecule has 0 bridgehead atoms. The van der Waals surface area contributed by atoms with E-state index < -0.39 is 13.1 Å². The Hall–Kier alpha value is -2.31. The molecule has 0 aliphatic rings. The quantitative estimate of drug-likeness (QED) is 0.602. The number of hydrogen-bond acceptors (Lipinski definition) is 3. The Balaban J connectivity index is 1.98. The Morgan fingerprint density at radius 2 is 1.74 bits per heavy atom. The maximum absolute atomic E-state index is 13.2. The van der Waals surface area contributed by atoms with Crippen LogP contribution < -0.4 is 0 Å². The van der Waals surface area contributed by atoms with E-state index in [9.17, 15) is 13.8 Å². The van der Waals surface area contributed by atoms with Crippen LogP contribution in [0.5, 0.6) is 0 Å². The molecule has 6 nitrogen and oxygen atoms in total. The van der Waals surface area contributed by atoms with E-state index >= 15 is 0 Å². The Bertz CT molecular complexity index is 1010. The van der Waals surface area contributed by atoms with E-state index in [0.29, 0.717) is 22.0 Å². The van der Waals surface area contributed by atoms with Gasteiger partial charge in [-0.1, -0.05) is 23.7 Å². The van der Waals surface area contributed by atoms with Gasteiger partial charge in [-0.05, 0) is 48.4 Å². The van der Waals surface area contributed by atoms with E-state index in [2.05, 4.69) is 5.10 Å². The van der Waals surface area contributed by atoms with Crippen LogP contribution in [-0.2, 0) is 15.8 Å². The van der Waals surface area contributed by atoms with Crippen molar-refractivity contribution < 1.29 is 23.5 Å². The van der Waals surface area contributed by atoms with Gasteiger partial charge in [-0.25, -0.2) is 9.07 Å². The molecule has 0 saturated carbocycles. The van der Waals surface area contributed by atoms with Crippen molar-refractivity contribution in [2.75, 3.05) is 0 Å². The predicted octanol–water partition coefficient (Wildman–Crippen LogP) is 3.97. The fourth-order valence-electron chi connectivity index (χ4n) is 2.56. The largest absolute Gasteiger partial charge is 0.391 e. The summed E-state index contributed by atoms with van der Waals surface area (Å²) in [6, 6.07) is 12.7. The van der Waals surface area contributed by atoms with E-state index in [1.807, 2.05) is 0 Å². The third kappa shape index (κ3) is 4.70. The van der Waals surface area contributed by atoms with Gasteiger partial charge in [0.05, 0.1) is 11.4 Å². The van der Waals surface area contributed by atoms with Gasteiger partial charge in [-0.3, -0.25) is 9.36 Å².